The highest BCUT2D eigenvalue weighted by Crippen LogP contribution is 2.42. The van der Waals surface area contributed by atoms with Crippen LogP contribution < -0.4 is 20.4 Å². The quantitative estimate of drug-likeness (QED) is 0.533. The van der Waals surface area contributed by atoms with Crippen molar-refractivity contribution in [2.75, 3.05) is 25.1 Å². The van der Waals surface area contributed by atoms with Crippen molar-refractivity contribution < 1.29 is 18.7 Å². The number of hydrogen-bond donors (Lipinski definition) is 2. The molecular formula is C28H29FN4O3. The Morgan fingerprint density at radius 3 is 2.72 bits per heavy atom. The molecule has 2 amide bonds. The van der Waals surface area contributed by atoms with Crippen LogP contribution >= 0.6 is 0 Å². The molecule has 2 unspecified atom stereocenters. The second-order valence-corrected chi connectivity index (χ2v) is 9.34. The van der Waals surface area contributed by atoms with Gasteiger partial charge in [-0.1, -0.05) is 42.0 Å². The lowest BCUT2D eigenvalue weighted by molar-refractivity contribution is -0.137. The van der Waals surface area contributed by atoms with Crippen LogP contribution in [0.25, 0.3) is 0 Å². The molecule has 0 saturated carbocycles. The van der Waals surface area contributed by atoms with Crippen LogP contribution in [0.2, 0.25) is 0 Å². The molecule has 2 aliphatic rings. The summed E-state index contributed by atoms with van der Waals surface area (Å²) in [5.41, 5.74) is 7.97. The monoisotopic (exact) mass is 488 g/mol. The number of rotatable bonds is 7. The Bertz CT molecular complexity index is 1300. The van der Waals surface area contributed by atoms with Crippen LogP contribution in [-0.2, 0) is 22.7 Å². The van der Waals surface area contributed by atoms with E-state index in [0.717, 1.165) is 27.9 Å². The molecule has 0 aromatic heterocycles. The van der Waals surface area contributed by atoms with E-state index in [1.165, 1.54) is 17.1 Å². The Morgan fingerprint density at radius 1 is 1.11 bits per heavy atom. The molecule has 0 bridgehead atoms. The molecule has 3 aromatic carbocycles. The Kier molecular flexibility index (Phi) is 6.61. The van der Waals surface area contributed by atoms with E-state index in [-0.39, 0.29) is 30.2 Å². The van der Waals surface area contributed by atoms with Gasteiger partial charge in [0.2, 0.25) is 11.8 Å². The van der Waals surface area contributed by atoms with Crippen LogP contribution in [0.5, 0.6) is 5.75 Å². The number of carbonyl (C=O) groups excluding carboxylic acids is 2. The number of aryl methyl sites for hydroxylation is 1. The number of fused-ring (bicyclic) bond motifs is 3. The number of methoxy groups -OCH3 is 1. The standard InChI is InChI=1S/C28H29FN4O3/c1-18-5-3-7-20(11-18)15-32-16-24-27(23-13-21(29)9-10-25(23)32)31-33(28(24)35)17-26(34)30-14-19-6-4-8-22(12-19)36-2/h3-13,24,27,31H,14-17H2,1-2H3,(H,30,34). The molecule has 1 saturated heterocycles. The molecule has 0 aliphatic carbocycles. The highest BCUT2D eigenvalue weighted by Gasteiger charge is 2.46. The van der Waals surface area contributed by atoms with Gasteiger partial charge in [0, 0.05) is 25.3 Å². The number of amides is 2. The number of hydrogen-bond acceptors (Lipinski definition) is 5. The third-order valence-electron chi connectivity index (χ3n) is 6.74. The first-order valence-electron chi connectivity index (χ1n) is 12.0. The lowest BCUT2D eigenvalue weighted by Gasteiger charge is -2.36. The number of nitrogens with zero attached hydrogens (tertiary/aromatic N) is 2. The van der Waals surface area contributed by atoms with E-state index >= 15 is 0 Å². The predicted molar refractivity (Wildman–Crippen MR) is 135 cm³/mol. The van der Waals surface area contributed by atoms with Crippen molar-refractivity contribution in [3.8, 4) is 5.75 Å². The van der Waals surface area contributed by atoms with Gasteiger partial charge in [-0.15, -0.1) is 0 Å². The van der Waals surface area contributed by atoms with Crippen molar-refractivity contribution in [3.05, 3.63) is 94.8 Å². The normalized spacial score (nSPS) is 18.6. The van der Waals surface area contributed by atoms with Crippen LogP contribution in [0.15, 0.2) is 66.7 Å². The summed E-state index contributed by atoms with van der Waals surface area (Å²) in [6.45, 7) is 3.32. The van der Waals surface area contributed by atoms with Gasteiger partial charge in [0.25, 0.3) is 0 Å². The molecule has 36 heavy (non-hydrogen) atoms. The van der Waals surface area contributed by atoms with E-state index in [2.05, 4.69) is 27.8 Å². The molecular weight excluding hydrogens is 459 g/mol. The number of benzene rings is 3. The molecule has 2 aliphatic heterocycles. The maximum absolute atomic E-state index is 14.3. The Hall–Kier alpha value is -3.91. The first-order chi connectivity index (χ1) is 17.4. The summed E-state index contributed by atoms with van der Waals surface area (Å²) >= 11 is 0. The van der Waals surface area contributed by atoms with Crippen LogP contribution in [0.3, 0.4) is 0 Å². The summed E-state index contributed by atoms with van der Waals surface area (Å²) in [5.74, 6) is -0.513. The third-order valence-corrected chi connectivity index (χ3v) is 6.74. The van der Waals surface area contributed by atoms with Crippen LogP contribution in [0.4, 0.5) is 10.1 Å². The lowest BCUT2D eigenvalue weighted by Crippen LogP contribution is -2.43. The minimum absolute atomic E-state index is 0.127. The zero-order valence-corrected chi connectivity index (χ0v) is 20.3. The molecule has 2 N–H and O–H groups in total. The summed E-state index contributed by atoms with van der Waals surface area (Å²) in [7, 11) is 1.59. The molecule has 3 aromatic rings. The fraction of sp³-hybridized carbons (Fsp3) is 0.286. The van der Waals surface area contributed by atoms with Crippen molar-refractivity contribution in [3.63, 3.8) is 0 Å². The number of anilines is 1. The second kappa shape index (κ2) is 9.99. The van der Waals surface area contributed by atoms with Crippen molar-refractivity contribution in [2.45, 2.75) is 26.1 Å². The van der Waals surface area contributed by atoms with E-state index in [4.69, 9.17) is 4.74 Å². The maximum atomic E-state index is 14.3. The van der Waals surface area contributed by atoms with Crippen molar-refractivity contribution in [1.29, 1.82) is 0 Å². The van der Waals surface area contributed by atoms with Crippen molar-refractivity contribution in [2.24, 2.45) is 5.92 Å². The maximum Gasteiger partial charge on any atom is 0.244 e. The highest BCUT2D eigenvalue weighted by atomic mass is 19.1. The van der Waals surface area contributed by atoms with Gasteiger partial charge in [-0.3, -0.25) is 14.6 Å². The van der Waals surface area contributed by atoms with Crippen LogP contribution in [0.1, 0.15) is 28.3 Å². The van der Waals surface area contributed by atoms with Crippen LogP contribution in [0, 0.1) is 18.7 Å². The SMILES string of the molecule is COc1cccc(CNC(=O)CN2NC3c4cc(F)ccc4N(Cc4cccc(C)c4)CC3C2=O)c1. The molecule has 1 fully saturated rings. The van der Waals surface area contributed by atoms with Gasteiger partial charge in [0.05, 0.1) is 19.1 Å². The minimum atomic E-state index is -0.421. The van der Waals surface area contributed by atoms with E-state index in [1.54, 1.807) is 13.2 Å². The van der Waals surface area contributed by atoms with Crippen molar-refractivity contribution in [1.82, 2.24) is 15.8 Å². The van der Waals surface area contributed by atoms with E-state index < -0.39 is 5.92 Å². The van der Waals surface area contributed by atoms with Gasteiger partial charge in [0.1, 0.15) is 18.1 Å². The molecule has 0 radical (unpaired) electrons. The topological polar surface area (TPSA) is 73.9 Å². The average molecular weight is 489 g/mol. The molecule has 186 valence electrons. The molecule has 5 rings (SSSR count). The van der Waals surface area contributed by atoms with Gasteiger partial charge in [0.15, 0.2) is 0 Å². The fourth-order valence-corrected chi connectivity index (χ4v) is 5.02. The average Bonchev–Trinajstić information content (AvgIpc) is 3.18. The van der Waals surface area contributed by atoms with Gasteiger partial charge < -0.3 is 15.0 Å². The summed E-state index contributed by atoms with van der Waals surface area (Å²) in [6.07, 6.45) is 0. The van der Waals surface area contributed by atoms with Crippen molar-refractivity contribution >= 4 is 17.5 Å². The number of halogens is 1. The Labute approximate surface area is 209 Å². The fourth-order valence-electron chi connectivity index (χ4n) is 5.02. The summed E-state index contributed by atoms with van der Waals surface area (Å²) < 4.78 is 19.5. The zero-order valence-electron chi connectivity index (χ0n) is 20.3. The second-order valence-electron chi connectivity index (χ2n) is 9.34. The molecule has 0 spiro atoms. The molecule has 2 atom stereocenters. The van der Waals surface area contributed by atoms with Gasteiger partial charge in [-0.25, -0.2) is 9.82 Å². The first kappa shape index (κ1) is 23.8. The minimum Gasteiger partial charge on any atom is -0.497 e. The smallest absolute Gasteiger partial charge is 0.244 e. The summed E-state index contributed by atoms with van der Waals surface area (Å²) in [4.78, 5) is 28.1. The lowest BCUT2D eigenvalue weighted by atomic mass is 9.87. The summed E-state index contributed by atoms with van der Waals surface area (Å²) in [5, 5.41) is 4.22. The largest absolute Gasteiger partial charge is 0.497 e. The number of nitrogens with one attached hydrogen (secondary N) is 2. The number of hydrazine groups is 1. The van der Waals surface area contributed by atoms with Gasteiger partial charge >= 0.3 is 0 Å². The van der Waals surface area contributed by atoms with Gasteiger partial charge in [-0.2, -0.15) is 0 Å². The molecule has 2 heterocycles. The summed E-state index contributed by atoms with van der Waals surface area (Å²) in [6, 6.07) is 20.0. The Balaban J connectivity index is 1.30. The molecule has 8 heteroatoms. The Morgan fingerprint density at radius 2 is 1.92 bits per heavy atom. The highest BCUT2D eigenvalue weighted by molar-refractivity contribution is 5.88. The molecule has 7 nitrogen and oxygen atoms in total. The number of carbonyl (C=O) groups is 2. The van der Waals surface area contributed by atoms with E-state index in [1.807, 2.05) is 43.3 Å². The van der Waals surface area contributed by atoms with Gasteiger partial charge in [-0.05, 0) is 53.9 Å². The van der Waals surface area contributed by atoms with Crippen LogP contribution in [-0.4, -0.2) is 37.0 Å². The number of ether oxygens (including phenoxy) is 1. The van der Waals surface area contributed by atoms with E-state index in [9.17, 15) is 14.0 Å². The third kappa shape index (κ3) is 4.90. The zero-order chi connectivity index (χ0) is 25.2. The first-order valence-corrected chi connectivity index (χ1v) is 12.0. The predicted octanol–water partition coefficient (Wildman–Crippen LogP) is 3.48. The van der Waals surface area contributed by atoms with E-state index in [0.29, 0.717) is 25.4 Å².